The zero-order valence-corrected chi connectivity index (χ0v) is 10.2. The van der Waals surface area contributed by atoms with E-state index in [4.69, 9.17) is 4.74 Å². The minimum absolute atomic E-state index is 0.0497. The maximum Gasteiger partial charge on any atom is 0.307 e. The number of carboxylic acids is 1. The summed E-state index contributed by atoms with van der Waals surface area (Å²) >= 11 is 0. The molecule has 0 spiro atoms. The van der Waals surface area contributed by atoms with Crippen LogP contribution < -0.4 is 4.74 Å². The van der Waals surface area contributed by atoms with Crippen LogP contribution in [0.4, 0.5) is 0 Å². The predicted octanol–water partition coefficient (Wildman–Crippen LogP) is 2.69. The Labute approximate surface area is 106 Å². The Morgan fingerprint density at radius 2 is 2.00 bits per heavy atom. The van der Waals surface area contributed by atoms with Gasteiger partial charge in [-0.2, -0.15) is 0 Å². The van der Waals surface area contributed by atoms with E-state index in [0.29, 0.717) is 5.92 Å². The van der Waals surface area contributed by atoms with Gasteiger partial charge < -0.3 is 9.84 Å². The molecule has 0 saturated heterocycles. The summed E-state index contributed by atoms with van der Waals surface area (Å²) in [5.74, 6) is 0.372. The molecular weight excluding hydrogens is 228 g/mol. The Morgan fingerprint density at radius 1 is 1.28 bits per heavy atom. The molecule has 0 heterocycles. The van der Waals surface area contributed by atoms with Gasteiger partial charge in [0.1, 0.15) is 5.75 Å². The van der Waals surface area contributed by atoms with Crippen molar-refractivity contribution in [3.8, 4) is 5.75 Å². The van der Waals surface area contributed by atoms with Crippen LogP contribution in [0.5, 0.6) is 5.75 Å². The van der Waals surface area contributed by atoms with E-state index in [1.807, 2.05) is 24.3 Å². The van der Waals surface area contributed by atoms with Crippen molar-refractivity contribution in [2.75, 3.05) is 7.11 Å². The molecule has 18 heavy (non-hydrogen) atoms. The molecule has 4 atom stereocenters. The number of hydrogen-bond acceptors (Lipinski definition) is 2. The van der Waals surface area contributed by atoms with Crippen LogP contribution in [0.15, 0.2) is 36.4 Å². The first kappa shape index (κ1) is 11.3. The van der Waals surface area contributed by atoms with Crippen molar-refractivity contribution in [1.29, 1.82) is 0 Å². The Morgan fingerprint density at radius 3 is 2.72 bits per heavy atom. The average Bonchev–Trinajstić information content (AvgIpc) is 2.98. The zero-order chi connectivity index (χ0) is 12.7. The van der Waals surface area contributed by atoms with E-state index in [9.17, 15) is 9.90 Å². The van der Waals surface area contributed by atoms with Crippen molar-refractivity contribution < 1.29 is 14.6 Å². The van der Waals surface area contributed by atoms with Crippen LogP contribution in [-0.2, 0) is 4.79 Å². The van der Waals surface area contributed by atoms with Gasteiger partial charge in [0.25, 0.3) is 0 Å². The lowest BCUT2D eigenvalue weighted by Crippen LogP contribution is -2.26. The third kappa shape index (κ3) is 1.54. The van der Waals surface area contributed by atoms with Crippen molar-refractivity contribution in [2.45, 2.75) is 12.3 Å². The van der Waals surface area contributed by atoms with Crippen LogP contribution >= 0.6 is 0 Å². The van der Waals surface area contributed by atoms with Crippen LogP contribution in [0, 0.1) is 17.8 Å². The number of para-hydroxylation sites is 1. The van der Waals surface area contributed by atoms with Crippen molar-refractivity contribution >= 4 is 5.97 Å². The number of allylic oxidation sites excluding steroid dienone is 2. The van der Waals surface area contributed by atoms with Crippen LogP contribution in [0.2, 0.25) is 0 Å². The second-order valence-corrected chi connectivity index (χ2v) is 5.08. The number of hydrogen-bond donors (Lipinski definition) is 1. The SMILES string of the molecule is COc1ccccc1[C@H]1[C@H](C(=O)O)[C@@H]2C=C[C@H]1C2. The van der Waals surface area contributed by atoms with Gasteiger partial charge in [0.05, 0.1) is 13.0 Å². The lowest BCUT2D eigenvalue weighted by molar-refractivity contribution is -0.143. The first-order valence-electron chi connectivity index (χ1n) is 6.26. The van der Waals surface area contributed by atoms with Gasteiger partial charge in [-0.05, 0) is 29.9 Å². The van der Waals surface area contributed by atoms with E-state index in [0.717, 1.165) is 17.7 Å². The third-order valence-electron chi connectivity index (χ3n) is 4.24. The number of methoxy groups -OCH3 is 1. The van der Waals surface area contributed by atoms with E-state index >= 15 is 0 Å². The third-order valence-corrected chi connectivity index (χ3v) is 4.24. The number of benzene rings is 1. The standard InChI is InChI=1S/C15H16O3/c1-18-12-5-3-2-4-11(12)13-9-6-7-10(8-9)14(13)15(16)17/h2-7,9-10,13-14H,8H2,1H3,(H,16,17)/t9-,10+,13-,14+/m0/s1. The fourth-order valence-corrected chi connectivity index (χ4v) is 3.52. The summed E-state index contributed by atoms with van der Waals surface area (Å²) in [6.45, 7) is 0. The molecule has 2 bridgehead atoms. The molecule has 2 aliphatic rings. The molecule has 1 aromatic rings. The van der Waals surface area contributed by atoms with Gasteiger partial charge in [-0.3, -0.25) is 4.79 Å². The van der Waals surface area contributed by atoms with E-state index in [2.05, 4.69) is 12.2 Å². The Hall–Kier alpha value is -1.77. The Bertz CT molecular complexity index is 506. The Balaban J connectivity index is 2.05. The Kier molecular flexibility index (Phi) is 2.62. The maximum absolute atomic E-state index is 11.5. The number of fused-ring (bicyclic) bond motifs is 2. The molecule has 0 radical (unpaired) electrons. The highest BCUT2D eigenvalue weighted by Gasteiger charge is 2.49. The summed E-state index contributed by atoms with van der Waals surface area (Å²) in [7, 11) is 1.64. The summed E-state index contributed by atoms with van der Waals surface area (Å²) in [6.07, 6.45) is 5.19. The summed E-state index contributed by atoms with van der Waals surface area (Å²) in [5.41, 5.74) is 1.03. The number of aliphatic carboxylic acids is 1. The number of carboxylic acid groups (broad SMARTS) is 1. The molecule has 2 aliphatic carbocycles. The first-order chi connectivity index (χ1) is 8.72. The molecule has 3 nitrogen and oxygen atoms in total. The highest BCUT2D eigenvalue weighted by molar-refractivity contribution is 5.74. The monoisotopic (exact) mass is 244 g/mol. The lowest BCUT2D eigenvalue weighted by atomic mass is 9.78. The van der Waals surface area contributed by atoms with Crippen LogP contribution in [0.1, 0.15) is 17.9 Å². The van der Waals surface area contributed by atoms with Crippen molar-refractivity contribution in [3.63, 3.8) is 0 Å². The molecule has 3 rings (SSSR count). The van der Waals surface area contributed by atoms with Crippen LogP contribution in [0.3, 0.4) is 0 Å². The molecule has 3 heteroatoms. The topological polar surface area (TPSA) is 46.5 Å². The second kappa shape index (κ2) is 4.16. The van der Waals surface area contributed by atoms with Crippen molar-refractivity contribution in [2.24, 2.45) is 17.8 Å². The van der Waals surface area contributed by atoms with Gasteiger partial charge in [-0.1, -0.05) is 30.4 Å². The number of ether oxygens (including phenoxy) is 1. The number of rotatable bonds is 3. The smallest absolute Gasteiger partial charge is 0.307 e. The lowest BCUT2D eigenvalue weighted by Gasteiger charge is -2.26. The van der Waals surface area contributed by atoms with E-state index in [-0.39, 0.29) is 17.8 Å². The molecular formula is C15H16O3. The predicted molar refractivity (Wildman–Crippen MR) is 67.6 cm³/mol. The summed E-state index contributed by atoms with van der Waals surface area (Å²) in [5, 5.41) is 9.46. The molecule has 0 amide bonds. The highest BCUT2D eigenvalue weighted by atomic mass is 16.5. The maximum atomic E-state index is 11.5. The van der Waals surface area contributed by atoms with Gasteiger partial charge in [-0.15, -0.1) is 0 Å². The highest BCUT2D eigenvalue weighted by Crippen LogP contribution is 2.54. The molecule has 0 aromatic heterocycles. The van der Waals surface area contributed by atoms with Gasteiger partial charge >= 0.3 is 5.97 Å². The molecule has 1 N–H and O–H groups in total. The van der Waals surface area contributed by atoms with E-state index in [1.54, 1.807) is 7.11 Å². The van der Waals surface area contributed by atoms with Gasteiger partial charge in [-0.25, -0.2) is 0 Å². The second-order valence-electron chi connectivity index (χ2n) is 5.08. The first-order valence-corrected chi connectivity index (χ1v) is 6.26. The molecule has 0 unspecified atom stereocenters. The summed E-state index contributed by atoms with van der Waals surface area (Å²) in [6, 6.07) is 7.77. The van der Waals surface area contributed by atoms with Gasteiger partial charge in [0.15, 0.2) is 0 Å². The molecule has 1 aromatic carbocycles. The fraction of sp³-hybridized carbons (Fsp3) is 0.400. The summed E-state index contributed by atoms with van der Waals surface area (Å²) < 4.78 is 5.38. The van der Waals surface area contributed by atoms with Crippen LogP contribution in [-0.4, -0.2) is 18.2 Å². The molecule has 1 fully saturated rings. The quantitative estimate of drug-likeness (QED) is 0.831. The summed E-state index contributed by atoms with van der Waals surface area (Å²) in [4.78, 5) is 11.5. The van der Waals surface area contributed by atoms with Crippen molar-refractivity contribution in [1.82, 2.24) is 0 Å². The minimum atomic E-state index is -0.692. The normalized spacial score (nSPS) is 32.7. The number of carbonyl (C=O) groups is 1. The molecule has 94 valence electrons. The average molecular weight is 244 g/mol. The van der Waals surface area contributed by atoms with Gasteiger partial charge in [0.2, 0.25) is 0 Å². The molecule has 0 aliphatic heterocycles. The van der Waals surface area contributed by atoms with Gasteiger partial charge in [0, 0.05) is 5.92 Å². The fourth-order valence-electron chi connectivity index (χ4n) is 3.52. The van der Waals surface area contributed by atoms with E-state index < -0.39 is 5.97 Å². The van der Waals surface area contributed by atoms with E-state index in [1.165, 1.54) is 0 Å². The zero-order valence-electron chi connectivity index (χ0n) is 10.2. The van der Waals surface area contributed by atoms with Crippen LogP contribution in [0.25, 0.3) is 0 Å². The van der Waals surface area contributed by atoms with Crippen molar-refractivity contribution in [3.05, 3.63) is 42.0 Å². The minimum Gasteiger partial charge on any atom is -0.496 e. The largest absolute Gasteiger partial charge is 0.496 e. The molecule has 1 saturated carbocycles.